The summed E-state index contributed by atoms with van der Waals surface area (Å²) in [6, 6.07) is 13.1. The van der Waals surface area contributed by atoms with Crippen molar-refractivity contribution in [3.05, 3.63) is 100 Å². The van der Waals surface area contributed by atoms with E-state index in [4.69, 9.17) is 16.3 Å². The van der Waals surface area contributed by atoms with Gasteiger partial charge in [-0.25, -0.2) is 22.4 Å². The molecule has 0 aliphatic carbocycles. The Kier molecular flexibility index (Phi) is 8.03. The molecule has 0 saturated heterocycles. The van der Waals surface area contributed by atoms with Crippen LogP contribution in [-0.2, 0) is 22.2 Å². The molecule has 37 heavy (non-hydrogen) atoms. The number of hydrogen-bond donors (Lipinski definition) is 1. The average molecular weight is 567 g/mol. The lowest BCUT2D eigenvalue weighted by molar-refractivity contribution is 0.413. The van der Waals surface area contributed by atoms with E-state index in [2.05, 4.69) is 4.98 Å². The molecule has 3 aromatic carbocycles. The second-order valence-corrected chi connectivity index (χ2v) is 10.9. The van der Waals surface area contributed by atoms with Crippen molar-refractivity contribution < 1.29 is 26.7 Å². The molecule has 1 N–H and O–H groups in total. The monoisotopic (exact) mass is 566 g/mol. The first-order valence-electron chi connectivity index (χ1n) is 10.9. The third kappa shape index (κ3) is 5.43. The van der Waals surface area contributed by atoms with E-state index in [0.717, 1.165) is 35.2 Å². The number of benzene rings is 3. The van der Waals surface area contributed by atoms with Crippen LogP contribution >= 0.6 is 23.4 Å². The van der Waals surface area contributed by atoms with Gasteiger partial charge in [0.05, 0.1) is 24.0 Å². The van der Waals surface area contributed by atoms with Crippen molar-refractivity contribution in [2.24, 2.45) is 0 Å². The zero-order valence-electron chi connectivity index (χ0n) is 20.0. The van der Waals surface area contributed by atoms with Crippen molar-refractivity contribution in [2.75, 3.05) is 7.11 Å². The number of hydrogen-bond acceptors (Lipinski definition) is 4. The highest BCUT2D eigenvalue weighted by Crippen LogP contribution is 2.39. The van der Waals surface area contributed by atoms with Crippen LogP contribution in [0.25, 0.3) is 5.69 Å². The predicted octanol–water partition coefficient (Wildman–Crippen LogP) is 7.15. The van der Waals surface area contributed by atoms with Crippen molar-refractivity contribution in [3.63, 3.8) is 0 Å². The topological polar surface area (TPSA) is 64.3 Å². The van der Waals surface area contributed by atoms with Crippen LogP contribution in [0.5, 0.6) is 5.75 Å². The molecule has 4 aromatic rings. The molecule has 11 heteroatoms. The Bertz CT molecular complexity index is 1480. The van der Waals surface area contributed by atoms with Crippen LogP contribution in [0.2, 0.25) is 5.02 Å². The van der Waals surface area contributed by atoms with Gasteiger partial charge in [-0.3, -0.25) is 4.57 Å². The summed E-state index contributed by atoms with van der Waals surface area (Å²) in [6.07, 6.45) is 1.65. The van der Waals surface area contributed by atoms with Crippen molar-refractivity contribution in [3.8, 4) is 11.4 Å². The van der Waals surface area contributed by atoms with Crippen LogP contribution in [0.1, 0.15) is 30.7 Å². The fraction of sp³-hybridized carbons (Fsp3) is 0.192. The number of nitrogens with zero attached hydrogens (tertiary/aromatic N) is 2. The molecule has 1 aromatic heterocycles. The Morgan fingerprint density at radius 3 is 2.46 bits per heavy atom. The maximum absolute atomic E-state index is 14.8. The van der Waals surface area contributed by atoms with Crippen molar-refractivity contribution in [1.29, 1.82) is 0 Å². The van der Waals surface area contributed by atoms with Gasteiger partial charge in [0.2, 0.25) is 0 Å². The molecule has 194 valence electrons. The number of rotatable bonds is 8. The molecule has 0 radical (unpaired) electrons. The summed E-state index contributed by atoms with van der Waals surface area (Å²) in [5.41, 5.74) is 1.18. The van der Waals surface area contributed by atoms with Gasteiger partial charge >= 0.3 is 0 Å². The summed E-state index contributed by atoms with van der Waals surface area (Å²) in [5.74, 6) is -2.04. The lowest BCUT2D eigenvalue weighted by atomic mass is 9.81. The molecule has 0 spiro atoms. The molecule has 1 atom stereocenters. The van der Waals surface area contributed by atoms with Crippen LogP contribution < -0.4 is 4.74 Å². The SMILES string of the molecule is COc1cc(C(C)(C)c2cnc(SCc3c(F)ccc(S(=O)O)c3F)n2-c2ccc(F)cc2)ccc1Cl. The number of halogens is 4. The molecule has 5 nitrogen and oxygen atoms in total. The first kappa shape index (κ1) is 27.3. The highest BCUT2D eigenvalue weighted by molar-refractivity contribution is 7.98. The fourth-order valence-corrected chi connectivity index (χ4v) is 5.55. The molecule has 1 heterocycles. The maximum Gasteiger partial charge on any atom is 0.189 e. The number of aromatic nitrogens is 2. The Hall–Kier alpha value is -2.79. The molecule has 0 aliphatic heterocycles. The lowest BCUT2D eigenvalue weighted by Gasteiger charge is -2.28. The smallest absolute Gasteiger partial charge is 0.189 e. The first-order valence-corrected chi connectivity index (χ1v) is 13.4. The molecule has 0 amide bonds. The van der Waals surface area contributed by atoms with Crippen LogP contribution in [-0.4, -0.2) is 25.4 Å². The minimum atomic E-state index is -2.60. The van der Waals surface area contributed by atoms with Crippen molar-refractivity contribution in [2.45, 2.75) is 35.1 Å². The zero-order chi connectivity index (χ0) is 26.9. The van der Waals surface area contributed by atoms with Gasteiger partial charge in [-0.15, -0.1) is 0 Å². The second kappa shape index (κ2) is 10.9. The molecule has 4 rings (SSSR count). The maximum atomic E-state index is 14.8. The highest BCUT2D eigenvalue weighted by Gasteiger charge is 2.30. The fourth-order valence-electron chi connectivity index (χ4n) is 3.89. The molecule has 0 aliphatic rings. The van der Waals surface area contributed by atoms with Crippen LogP contribution in [0, 0.1) is 17.5 Å². The van der Waals surface area contributed by atoms with Gasteiger partial charge in [-0.1, -0.05) is 43.3 Å². The summed E-state index contributed by atoms with van der Waals surface area (Å²) >= 11 is 4.65. The first-order chi connectivity index (χ1) is 17.5. The lowest BCUT2D eigenvalue weighted by Crippen LogP contribution is -2.23. The summed E-state index contributed by atoms with van der Waals surface area (Å²) in [6.45, 7) is 3.95. The summed E-state index contributed by atoms with van der Waals surface area (Å²) in [7, 11) is 1.52. The van der Waals surface area contributed by atoms with E-state index in [1.807, 2.05) is 26.0 Å². The Morgan fingerprint density at radius 2 is 1.81 bits per heavy atom. The van der Waals surface area contributed by atoms with E-state index in [0.29, 0.717) is 21.6 Å². The van der Waals surface area contributed by atoms with E-state index < -0.39 is 38.8 Å². The Morgan fingerprint density at radius 1 is 1.11 bits per heavy atom. The van der Waals surface area contributed by atoms with Gasteiger partial charge in [0, 0.05) is 22.4 Å². The molecule has 0 bridgehead atoms. The summed E-state index contributed by atoms with van der Waals surface area (Å²) < 4.78 is 70.9. The Balaban J connectivity index is 1.80. The molecular formula is C26H22ClF3N2O3S2. The average Bonchev–Trinajstić information content (AvgIpc) is 3.29. The van der Waals surface area contributed by atoms with Gasteiger partial charge in [0.25, 0.3) is 0 Å². The quantitative estimate of drug-likeness (QED) is 0.181. The minimum absolute atomic E-state index is 0.199. The third-order valence-electron chi connectivity index (χ3n) is 6.01. The summed E-state index contributed by atoms with van der Waals surface area (Å²) in [5, 5.41) is 0.852. The number of methoxy groups -OCH3 is 1. The molecule has 1 unspecified atom stereocenters. The van der Waals surface area contributed by atoms with Gasteiger partial charge in [0.1, 0.15) is 28.1 Å². The second-order valence-electron chi connectivity index (χ2n) is 8.59. The van der Waals surface area contributed by atoms with E-state index >= 15 is 0 Å². The van der Waals surface area contributed by atoms with Gasteiger partial charge in [-0.05, 0) is 54.1 Å². The molecule has 0 saturated carbocycles. The number of thioether (sulfide) groups is 1. The van der Waals surface area contributed by atoms with Crippen molar-refractivity contribution >= 4 is 34.4 Å². The minimum Gasteiger partial charge on any atom is -0.495 e. The van der Waals surface area contributed by atoms with Gasteiger partial charge in [-0.2, -0.15) is 0 Å². The largest absolute Gasteiger partial charge is 0.495 e. The third-order valence-corrected chi connectivity index (χ3v) is 7.99. The number of ether oxygens (including phenoxy) is 1. The van der Waals surface area contributed by atoms with Gasteiger partial charge in [0.15, 0.2) is 16.2 Å². The van der Waals surface area contributed by atoms with E-state index in [9.17, 15) is 21.9 Å². The van der Waals surface area contributed by atoms with Crippen molar-refractivity contribution in [1.82, 2.24) is 9.55 Å². The van der Waals surface area contributed by atoms with Crippen LogP contribution in [0.3, 0.4) is 0 Å². The van der Waals surface area contributed by atoms with E-state index in [-0.39, 0.29) is 11.3 Å². The van der Waals surface area contributed by atoms with Gasteiger partial charge < -0.3 is 9.29 Å². The zero-order valence-corrected chi connectivity index (χ0v) is 22.4. The van der Waals surface area contributed by atoms with E-state index in [1.54, 1.807) is 29.0 Å². The number of imidazole rings is 1. The van der Waals surface area contributed by atoms with Crippen LogP contribution in [0.4, 0.5) is 13.2 Å². The molecular weight excluding hydrogens is 545 g/mol. The standard InChI is InChI=1S/C26H22ClF3N2O3S2/c1-26(2,15-4-9-19(27)21(12-15)35-3)23-13-31-25(32(23)17-7-5-16(28)6-8-17)36-14-18-20(29)10-11-22(24(18)30)37(33)34/h4-13H,14H2,1-3H3,(H,33,34). The predicted molar refractivity (Wildman–Crippen MR) is 139 cm³/mol. The molecule has 0 fully saturated rings. The normalized spacial score (nSPS) is 12.5. The highest BCUT2D eigenvalue weighted by atomic mass is 35.5. The van der Waals surface area contributed by atoms with Crippen LogP contribution in [0.15, 0.2) is 70.8 Å². The summed E-state index contributed by atoms with van der Waals surface area (Å²) in [4.78, 5) is 4.02. The van der Waals surface area contributed by atoms with E-state index in [1.165, 1.54) is 19.2 Å². The Labute approximate surface area is 223 Å².